The van der Waals surface area contributed by atoms with Crippen molar-refractivity contribution < 1.29 is 22.6 Å². The Kier molecular flexibility index (Phi) is 3.23. The number of rotatable bonds is 3. The highest BCUT2D eigenvalue weighted by Crippen LogP contribution is 2.52. The van der Waals surface area contributed by atoms with E-state index in [1.807, 2.05) is 6.07 Å². The van der Waals surface area contributed by atoms with Crippen molar-refractivity contribution in [3.05, 3.63) is 28.3 Å². The Balaban J connectivity index is 1.96. The van der Waals surface area contributed by atoms with Crippen LogP contribution in [0.5, 0.6) is 5.75 Å². The first-order valence-electron chi connectivity index (χ1n) is 6.81. The number of halogens is 4. The standard InChI is InChI=1S/C15H16ClF3O2/c1-13(2,7-14(8-21-14)15(17,18)19)11-6-10(16)5-9-3-4-20-12(9)11/h5-6H,3-4,7-8H2,1-2H3/t14-/m1/s1. The molecule has 3 rings (SSSR count). The van der Waals surface area contributed by atoms with Crippen molar-refractivity contribution in [1.82, 2.24) is 0 Å². The molecule has 21 heavy (non-hydrogen) atoms. The fourth-order valence-electron chi connectivity index (χ4n) is 3.03. The lowest BCUT2D eigenvalue weighted by molar-refractivity contribution is -0.188. The molecular weight excluding hydrogens is 305 g/mol. The van der Waals surface area contributed by atoms with Crippen LogP contribution in [0, 0.1) is 0 Å². The third-order valence-corrected chi connectivity index (χ3v) is 4.43. The van der Waals surface area contributed by atoms with Crippen molar-refractivity contribution in [1.29, 1.82) is 0 Å². The fourth-order valence-corrected chi connectivity index (χ4v) is 3.27. The maximum Gasteiger partial charge on any atom is 0.419 e. The van der Waals surface area contributed by atoms with Gasteiger partial charge < -0.3 is 9.47 Å². The molecule has 2 heterocycles. The van der Waals surface area contributed by atoms with E-state index in [-0.39, 0.29) is 13.0 Å². The maximum absolute atomic E-state index is 13.1. The molecule has 1 fully saturated rings. The molecule has 2 nitrogen and oxygen atoms in total. The van der Waals surface area contributed by atoms with Gasteiger partial charge in [0.05, 0.1) is 13.2 Å². The van der Waals surface area contributed by atoms with Crippen LogP contribution < -0.4 is 4.74 Å². The van der Waals surface area contributed by atoms with Crippen molar-refractivity contribution >= 4 is 11.6 Å². The Morgan fingerprint density at radius 2 is 1.95 bits per heavy atom. The highest BCUT2D eigenvalue weighted by atomic mass is 35.5. The molecule has 6 heteroatoms. The van der Waals surface area contributed by atoms with Crippen LogP contribution >= 0.6 is 11.6 Å². The number of epoxide rings is 1. The van der Waals surface area contributed by atoms with Crippen molar-refractivity contribution in [3.63, 3.8) is 0 Å². The van der Waals surface area contributed by atoms with Gasteiger partial charge in [0.2, 0.25) is 0 Å². The lowest BCUT2D eigenvalue weighted by atomic mass is 9.76. The molecule has 116 valence electrons. The first-order valence-corrected chi connectivity index (χ1v) is 7.19. The van der Waals surface area contributed by atoms with E-state index in [0.717, 1.165) is 17.5 Å². The van der Waals surface area contributed by atoms with Gasteiger partial charge in [-0.1, -0.05) is 25.4 Å². The molecule has 0 amide bonds. The van der Waals surface area contributed by atoms with Gasteiger partial charge >= 0.3 is 6.18 Å². The second kappa shape index (κ2) is 4.53. The minimum absolute atomic E-state index is 0.139. The normalized spacial score (nSPS) is 24.7. The number of ether oxygens (including phenoxy) is 2. The summed E-state index contributed by atoms with van der Waals surface area (Å²) in [6.07, 6.45) is -3.76. The van der Waals surface area contributed by atoms with Crippen LogP contribution in [0.3, 0.4) is 0 Å². The van der Waals surface area contributed by atoms with E-state index in [4.69, 9.17) is 21.1 Å². The predicted octanol–water partition coefficient (Wildman–Crippen LogP) is 4.27. The molecule has 0 radical (unpaired) electrons. The van der Waals surface area contributed by atoms with E-state index in [1.54, 1.807) is 19.9 Å². The van der Waals surface area contributed by atoms with Crippen molar-refractivity contribution in [3.8, 4) is 5.75 Å². The smallest absolute Gasteiger partial charge is 0.419 e. The number of alkyl halides is 3. The van der Waals surface area contributed by atoms with Gasteiger partial charge in [0.1, 0.15) is 5.75 Å². The summed E-state index contributed by atoms with van der Waals surface area (Å²) in [6, 6.07) is 3.52. The summed E-state index contributed by atoms with van der Waals surface area (Å²) < 4.78 is 49.7. The largest absolute Gasteiger partial charge is 0.493 e. The lowest BCUT2D eigenvalue weighted by Gasteiger charge is -2.31. The lowest BCUT2D eigenvalue weighted by Crippen LogP contribution is -2.39. The topological polar surface area (TPSA) is 21.8 Å². The number of hydrogen-bond donors (Lipinski definition) is 0. The van der Waals surface area contributed by atoms with Crippen LogP contribution in [-0.2, 0) is 16.6 Å². The molecule has 1 aromatic rings. The van der Waals surface area contributed by atoms with Crippen molar-refractivity contribution in [2.45, 2.75) is 43.9 Å². The molecule has 0 N–H and O–H groups in total. The van der Waals surface area contributed by atoms with Crippen molar-refractivity contribution in [2.75, 3.05) is 13.2 Å². The van der Waals surface area contributed by atoms with Crippen LogP contribution in [-0.4, -0.2) is 25.0 Å². The summed E-state index contributed by atoms with van der Waals surface area (Å²) in [6.45, 7) is 3.81. The SMILES string of the molecule is CC(C)(C[C@]1(C(F)(F)F)CO1)c1cc(Cl)cc2c1OCC2. The van der Waals surface area contributed by atoms with Gasteiger partial charge in [0, 0.05) is 17.0 Å². The summed E-state index contributed by atoms with van der Waals surface area (Å²) in [7, 11) is 0. The zero-order chi connectivity index (χ0) is 15.5. The highest BCUT2D eigenvalue weighted by Gasteiger charge is 2.67. The molecule has 1 atom stereocenters. The quantitative estimate of drug-likeness (QED) is 0.776. The molecule has 2 aliphatic heterocycles. The van der Waals surface area contributed by atoms with Gasteiger partial charge in [0.15, 0.2) is 5.60 Å². The first kappa shape index (κ1) is 15.0. The molecule has 0 unspecified atom stereocenters. The van der Waals surface area contributed by atoms with E-state index in [0.29, 0.717) is 17.4 Å². The van der Waals surface area contributed by atoms with Gasteiger partial charge in [-0.3, -0.25) is 0 Å². The minimum atomic E-state index is -4.35. The molecule has 0 spiro atoms. The zero-order valence-corrected chi connectivity index (χ0v) is 12.6. The molecule has 1 aromatic carbocycles. The Morgan fingerprint density at radius 1 is 1.29 bits per heavy atom. The second-order valence-electron chi connectivity index (χ2n) is 6.38. The van der Waals surface area contributed by atoms with E-state index in [1.165, 1.54) is 0 Å². The molecule has 2 aliphatic rings. The highest BCUT2D eigenvalue weighted by molar-refractivity contribution is 6.30. The summed E-state index contributed by atoms with van der Waals surface area (Å²) in [5.74, 6) is 0.683. The summed E-state index contributed by atoms with van der Waals surface area (Å²) >= 11 is 6.10. The first-order chi connectivity index (χ1) is 9.65. The van der Waals surface area contributed by atoms with E-state index in [9.17, 15) is 13.2 Å². The molecule has 0 aliphatic carbocycles. The van der Waals surface area contributed by atoms with E-state index in [2.05, 4.69) is 0 Å². The second-order valence-corrected chi connectivity index (χ2v) is 6.82. The Bertz CT molecular complexity index is 577. The molecule has 1 saturated heterocycles. The third kappa shape index (κ3) is 2.50. The van der Waals surface area contributed by atoms with E-state index >= 15 is 0 Å². The number of hydrogen-bond acceptors (Lipinski definition) is 2. The van der Waals surface area contributed by atoms with Crippen LogP contribution in [0.1, 0.15) is 31.4 Å². The van der Waals surface area contributed by atoms with Gasteiger partial charge in [-0.2, -0.15) is 13.2 Å². The average molecular weight is 321 g/mol. The van der Waals surface area contributed by atoms with Crippen LogP contribution in [0.25, 0.3) is 0 Å². The Morgan fingerprint density at radius 3 is 2.52 bits per heavy atom. The predicted molar refractivity (Wildman–Crippen MR) is 73.0 cm³/mol. The van der Waals surface area contributed by atoms with Gasteiger partial charge in [-0.05, 0) is 29.5 Å². The van der Waals surface area contributed by atoms with Crippen LogP contribution in [0.2, 0.25) is 5.02 Å². The number of benzene rings is 1. The Labute approximate surface area is 126 Å². The summed E-state index contributed by atoms with van der Waals surface area (Å²) in [5.41, 5.74) is -1.08. The fraction of sp³-hybridized carbons (Fsp3) is 0.600. The minimum Gasteiger partial charge on any atom is -0.493 e. The third-order valence-electron chi connectivity index (χ3n) is 4.21. The Hall–Kier alpha value is -0.940. The zero-order valence-electron chi connectivity index (χ0n) is 11.8. The monoisotopic (exact) mass is 320 g/mol. The molecule has 0 bridgehead atoms. The van der Waals surface area contributed by atoms with E-state index < -0.39 is 17.2 Å². The maximum atomic E-state index is 13.1. The van der Waals surface area contributed by atoms with Crippen LogP contribution in [0.15, 0.2) is 12.1 Å². The van der Waals surface area contributed by atoms with Gasteiger partial charge in [-0.15, -0.1) is 0 Å². The van der Waals surface area contributed by atoms with Gasteiger partial charge in [0.25, 0.3) is 0 Å². The van der Waals surface area contributed by atoms with Gasteiger partial charge in [-0.25, -0.2) is 0 Å². The van der Waals surface area contributed by atoms with Crippen LogP contribution in [0.4, 0.5) is 13.2 Å². The molecular formula is C15H16ClF3O2. The average Bonchev–Trinajstić information content (AvgIpc) is 2.98. The molecule has 0 aromatic heterocycles. The van der Waals surface area contributed by atoms with Crippen molar-refractivity contribution in [2.24, 2.45) is 0 Å². The summed E-state index contributed by atoms with van der Waals surface area (Å²) in [4.78, 5) is 0. The number of fused-ring (bicyclic) bond motifs is 1. The molecule has 0 saturated carbocycles. The summed E-state index contributed by atoms with van der Waals surface area (Å²) in [5, 5.41) is 0.528.